The predicted octanol–water partition coefficient (Wildman–Crippen LogP) is 1.24. The minimum absolute atomic E-state index is 0.131. The number of rotatable bonds is 5. The van der Waals surface area contributed by atoms with Gasteiger partial charge in [0.1, 0.15) is 0 Å². The first-order valence-electron chi connectivity index (χ1n) is 6.53. The number of carboxylic acid groups (broad SMARTS) is 1. The monoisotopic (exact) mass is 314 g/mol. The van der Waals surface area contributed by atoms with Gasteiger partial charge in [-0.1, -0.05) is 12.1 Å². The second kappa shape index (κ2) is 5.75. The summed E-state index contributed by atoms with van der Waals surface area (Å²) in [7, 11) is -3.49. The molecule has 1 aromatic carbocycles. The van der Waals surface area contributed by atoms with E-state index >= 15 is 0 Å². The van der Waals surface area contributed by atoms with Crippen LogP contribution in [0.15, 0.2) is 29.2 Å². The third-order valence-corrected chi connectivity index (χ3v) is 4.91. The first kappa shape index (κ1) is 15.9. The number of ether oxygens (including phenoxy) is 2. The molecule has 1 N–H and O–H groups in total. The summed E-state index contributed by atoms with van der Waals surface area (Å²) in [6.07, 6.45) is -0.627. The highest BCUT2D eigenvalue weighted by atomic mass is 32.2. The fraction of sp³-hybridized carbons (Fsp3) is 0.500. The van der Waals surface area contributed by atoms with Crippen LogP contribution in [-0.2, 0) is 30.5 Å². The van der Waals surface area contributed by atoms with Gasteiger partial charge < -0.3 is 14.6 Å². The van der Waals surface area contributed by atoms with E-state index in [2.05, 4.69) is 0 Å². The van der Waals surface area contributed by atoms with Gasteiger partial charge in [-0.15, -0.1) is 0 Å². The zero-order valence-electron chi connectivity index (χ0n) is 11.9. The Morgan fingerprint density at radius 3 is 2.43 bits per heavy atom. The molecule has 0 saturated carbocycles. The highest BCUT2D eigenvalue weighted by Gasteiger charge is 2.35. The van der Waals surface area contributed by atoms with Crippen molar-refractivity contribution in [1.29, 1.82) is 0 Å². The standard InChI is InChI=1S/C14H18O6S/c1-14(2)19-8-11(20-14)9-21(17,18)12-5-3-10(4-6-12)7-13(15)16/h3-6,11H,7-9H2,1-2H3,(H,15,16)/t11-/m1/s1. The number of aliphatic carboxylic acids is 1. The summed E-state index contributed by atoms with van der Waals surface area (Å²) in [6, 6.07) is 5.87. The normalized spacial score (nSPS) is 21.3. The van der Waals surface area contributed by atoms with Crippen molar-refractivity contribution < 1.29 is 27.8 Å². The Balaban J connectivity index is 2.07. The molecule has 0 unspecified atom stereocenters. The third kappa shape index (κ3) is 4.26. The van der Waals surface area contributed by atoms with Gasteiger partial charge in [-0.2, -0.15) is 0 Å². The lowest BCUT2D eigenvalue weighted by Crippen LogP contribution is -2.26. The van der Waals surface area contributed by atoms with Crippen LogP contribution in [0.2, 0.25) is 0 Å². The van der Waals surface area contributed by atoms with Gasteiger partial charge in [0.05, 0.1) is 29.8 Å². The lowest BCUT2D eigenvalue weighted by molar-refractivity contribution is -0.136. The van der Waals surface area contributed by atoms with Crippen molar-refractivity contribution >= 4 is 15.8 Å². The lowest BCUT2D eigenvalue weighted by Gasteiger charge is -2.17. The largest absolute Gasteiger partial charge is 0.481 e. The average molecular weight is 314 g/mol. The molecule has 0 amide bonds. The van der Waals surface area contributed by atoms with Gasteiger partial charge in [-0.3, -0.25) is 4.79 Å². The number of hydrogen-bond donors (Lipinski definition) is 1. The van der Waals surface area contributed by atoms with Crippen LogP contribution in [0.25, 0.3) is 0 Å². The summed E-state index contributed by atoms with van der Waals surface area (Å²) < 4.78 is 35.4. The van der Waals surface area contributed by atoms with Crippen molar-refractivity contribution in [1.82, 2.24) is 0 Å². The number of sulfone groups is 1. The van der Waals surface area contributed by atoms with Gasteiger partial charge in [-0.25, -0.2) is 8.42 Å². The summed E-state index contributed by atoms with van der Waals surface area (Å²) in [5.74, 6) is -1.87. The lowest BCUT2D eigenvalue weighted by atomic mass is 10.2. The van der Waals surface area contributed by atoms with E-state index in [0.29, 0.717) is 5.56 Å². The molecule has 1 aliphatic rings. The fourth-order valence-electron chi connectivity index (χ4n) is 2.18. The molecule has 116 valence electrons. The van der Waals surface area contributed by atoms with Crippen molar-refractivity contribution in [2.75, 3.05) is 12.4 Å². The smallest absolute Gasteiger partial charge is 0.307 e. The van der Waals surface area contributed by atoms with E-state index in [-0.39, 0.29) is 23.7 Å². The van der Waals surface area contributed by atoms with Crippen LogP contribution in [0, 0.1) is 0 Å². The Bertz CT molecular complexity index is 617. The zero-order valence-corrected chi connectivity index (χ0v) is 12.7. The molecule has 0 aliphatic carbocycles. The number of hydrogen-bond acceptors (Lipinski definition) is 5. The highest BCUT2D eigenvalue weighted by Crippen LogP contribution is 2.25. The molecule has 7 heteroatoms. The van der Waals surface area contributed by atoms with Crippen molar-refractivity contribution in [2.45, 2.75) is 37.1 Å². The molecule has 1 fully saturated rings. The summed E-state index contributed by atoms with van der Waals surface area (Å²) >= 11 is 0. The maximum atomic E-state index is 12.3. The molecule has 21 heavy (non-hydrogen) atoms. The molecule has 2 rings (SSSR count). The maximum absolute atomic E-state index is 12.3. The molecule has 1 heterocycles. The molecular formula is C14H18O6S. The van der Waals surface area contributed by atoms with Crippen molar-refractivity contribution in [2.24, 2.45) is 0 Å². The summed E-state index contributed by atoms with van der Waals surface area (Å²) in [4.78, 5) is 10.8. The van der Waals surface area contributed by atoms with Gasteiger partial charge >= 0.3 is 5.97 Å². The van der Waals surface area contributed by atoms with Crippen LogP contribution >= 0.6 is 0 Å². The number of carbonyl (C=O) groups is 1. The maximum Gasteiger partial charge on any atom is 0.307 e. The van der Waals surface area contributed by atoms with Gasteiger partial charge in [0, 0.05) is 0 Å². The summed E-state index contributed by atoms with van der Waals surface area (Å²) in [6.45, 7) is 3.71. The molecule has 1 aliphatic heterocycles. The van der Waals surface area contributed by atoms with E-state index in [4.69, 9.17) is 14.6 Å². The molecule has 0 radical (unpaired) electrons. The quantitative estimate of drug-likeness (QED) is 0.879. The van der Waals surface area contributed by atoms with E-state index in [1.165, 1.54) is 24.3 Å². The average Bonchev–Trinajstić information content (AvgIpc) is 2.67. The van der Waals surface area contributed by atoms with E-state index in [1.54, 1.807) is 13.8 Å². The second-order valence-electron chi connectivity index (χ2n) is 5.45. The Hall–Kier alpha value is -1.44. The second-order valence-corrected chi connectivity index (χ2v) is 7.48. The van der Waals surface area contributed by atoms with Crippen LogP contribution in [0.3, 0.4) is 0 Å². The van der Waals surface area contributed by atoms with Crippen LogP contribution in [-0.4, -0.2) is 43.7 Å². The van der Waals surface area contributed by atoms with Gasteiger partial charge in [-0.05, 0) is 31.5 Å². The van der Waals surface area contributed by atoms with Gasteiger partial charge in [0.25, 0.3) is 0 Å². The minimum Gasteiger partial charge on any atom is -0.481 e. The third-order valence-electron chi connectivity index (χ3n) is 3.11. The van der Waals surface area contributed by atoms with Crippen molar-refractivity contribution in [3.05, 3.63) is 29.8 Å². The first-order chi connectivity index (χ1) is 9.68. The van der Waals surface area contributed by atoms with Crippen LogP contribution < -0.4 is 0 Å². The molecule has 1 aromatic rings. The molecular weight excluding hydrogens is 296 g/mol. The summed E-state index contributed by atoms with van der Waals surface area (Å²) in [5, 5.41) is 8.69. The minimum atomic E-state index is -3.49. The van der Waals surface area contributed by atoms with Gasteiger partial charge in [0.15, 0.2) is 15.6 Å². The molecule has 1 atom stereocenters. The number of carboxylic acids is 1. The predicted molar refractivity (Wildman–Crippen MR) is 74.7 cm³/mol. The van der Waals surface area contributed by atoms with Crippen LogP contribution in [0.4, 0.5) is 0 Å². The molecule has 0 bridgehead atoms. The molecule has 0 aromatic heterocycles. The molecule has 1 saturated heterocycles. The van der Waals surface area contributed by atoms with E-state index in [1.807, 2.05) is 0 Å². The van der Waals surface area contributed by atoms with E-state index in [9.17, 15) is 13.2 Å². The Labute approximate surface area is 123 Å². The van der Waals surface area contributed by atoms with Crippen LogP contribution in [0.5, 0.6) is 0 Å². The van der Waals surface area contributed by atoms with Crippen molar-refractivity contribution in [3.63, 3.8) is 0 Å². The molecule has 0 spiro atoms. The Morgan fingerprint density at radius 2 is 1.95 bits per heavy atom. The van der Waals surface area contributed by atoms with Crippen LogP contribution in [0.1, 0.15) is 19.4 Å². The topological polar surface area (TPSA) is 89.9 Å². The summed E-state index contributed by atoms with van der Waals surface area (Å²) in [5.41, 5.74) is 0.558. The van der Waals surface area contributed by atoms with Gasteiger partial charge in [0.2, 0.25) is 0 Å². The van der Waals surface area contributed by atoms with E-state index < -0.39 is 27.7 Å². The number of benzene rings is 1. The fourth-order valence-corrected chi connectivity index (χ4v) is 3.57. The Kier molecular flexibility index (Phi) is 4.36. The highest BCUT2D eigenvalue weighted by molar-refractivity contribution is 7.91. The molecule has 6 nitrogen and oxygen atoms in total. The van der Waals surface area contributed by atoms with E-state index in [0.717, 1.165) is 0 Å². The SMILES string of the molecule is CC1(C)OC[C@H](CS(=O)(=O)c2ccc(CC(=O)O)cc2)O1. The zero-order chi connectivity index (χ0) is 15.7. The first-order valence-corrected chi connectivity index (χ1v) is 8.18. The Morgan fingerprint density at radius 1 is 1.33 bits per heavy atom. The van der Waals surface area contributed by atoms with Crippen molar-refractivity contribution in [3.8, 4) is 0 Å².